The molecule has 0 atom stereocenters. The highest BCUT2D eigenvalue weighted by Crippen LogP contribution is 2.40. The Kier molecular flexibility index (Phi) is 12.1. The SMILES string of the molecule is CCCO[Si]1(CCC)O[Si](CCC)(OCCC)O[Si](CCC)(OCCC)O1. The molecule has 162 valence electrons. The lowest BCUT2D eigenvalue weighted by Crippen LogP contribution is -2.73. The topological polar surface area (TPSA) is 55.4 Å². The minimum atomic E-state index is -2.90. The zero-order valence-corrected chi connectivity index (χ0v) is 21.4. The molecular weight excluding hydrogens is 396 g/mol. The molecule has 0 N–H and O–H groups in total. The standard InChI is InChI=1S/C18H42O6Si3/c1-7-13-19-25(16-10-4)22-26(17-11-5,20-14-8-2)24-27(23-25,18-12-6)21-15-9-3/h7-18H2,1-6H3. The average molecular weight is 439 g/mol. The molecule has 0 saturated carbocycles. The van der Waals surface area contributed by atoms with Crippen LogP contribution in [0.3, 0.4) is 0 Å². The molecule has 27 heavy (non-hydrogen) atoms. The highest BCUT2D eigenvalue weighted by molar-refractivity contribution is 6.88. The summed E-state index contributed by atoms with van der Waals surface area (Å²) in [7, 11) is -8.70. The third kappa shape index (κ3) is 7.63. The van der Waals surface area contributed by atoms with Gasteiger partial charge in [-0.1, -0.05) is 60.8 Å². The molecule has 1 aliphatic heterocycles. The second kappa shape index (κ2) is 12.9. The van der Waals surface area contributed by atoms with Gasteiger partial charge in [-0.25, -0.2) is 0 Å². The van der Waals surface area contributed by atoms with E-state index in [2.05, 4.69) is 41.5 Å². The van der Waals surface area contributed by atoms with Crippen molar-refractivity contribution in [2.45, 2.75) is 98.2 Å². The molecule has 0 aromatic carbocycles. The third-order valence-corrected chi connectivity index (χ3v) is 16.9. The van der Waals surface area contributed by atoms with Crippen molar-refractivity contribution in [1.82, 2.24) is 0 Å². The maximum atomic E-state index is 6.67. The first-order valence-corrected chi connectivity index (χ1v) is 16.8. The Morgan fingerprint density at radius 2 is 0.704 bits per heavy atom. The number of hydrogen-bond donors (Lipinski definition) is 0. The first-order valence-electron chi connectivity index (χ1n) is 11.0. The van der Waals surface area contributed by atoms with E-state index < -0.39 is 26.4 Å². The summed E-state index contributed by atoms with van der Waals surface area (Å²) >= 11 is 0. The molecule has 0 bridgehead atoms. The van der Waals surface area contributed by atoms with Crippen LogP contribution in [-0.4, -0.2) is 46.2 Å². The minimum Gasteiger partial charge on any atom is -0.374 e. The Morgan fingerprint density at radius 1 is 0.444 bits per heavy atom. The van der Waals surface area contributed by atoms with Crippen LogP contribution in [0.25, 0.3) is 0 Å². The molecule has 1 heterocycles. The van der Waals surface area contributed by atoms with Crippen LogP contribution in [0.1, 0.15) is 80.1 Å². The van der Waals surface area contributed by atoms with Crippen molar-refractivity contribution in [1.29, 1.82) is 0 Å². The van der Waals surface area contributed by atoms with Crippen LogP contribution >= 0.6 is 0 Å². The Bertz CT molecular complexity index is 336. The lowest BCUT2D eigenvalue weighted by molar-refractivity contribution is 0.0117. The predicted octanol–water partition coefficient (Wildman–Crippen LogP) is 5.38. The quantitative estimate of drug-likeness (QED) is 0.320. The number of hydrogen-bond acceptors (Lipinski definition) is 6. The van der Waals surface area contributed by atoms with Crippen molar-refractivity contribution in [3.63, 3.8) is 0 Å². The van der Waals surface area contributed by atoms with E-state index in [0.29, 0.717) is 19.8 Å². The van der Waals surface area contributed by atoms with Gasteiger partial charge in [-0.2, -0.15) is 0 Å². The highest BCUT2D eigenvalue weighted by Gasteiger charge is 2.66. The van der Waals surface area contributed by atoms with E-state index >= 15 is 0 Å². The molecule has 0 aromatic rings. The maximum absolute atomic E-state index is 6.67. The summed E-state index contributed by atoms with van der Waals surface area (Å²) in [5.41, 5.74) is 0. The normalized spacial score (nSPS) is 31.3. The van der Waals surface area contributed by atoms with Gasteiger partial charge in [0.15, 0.2) is 0 Å². The fourth-order valence-electron chi connectivity index (χ4n) is 3.16. The van der Waals surface area contributed by atoms with Crippen LogP contribution in [0.4, 0.5) is 0 Å². The van der Waals surface area contributed by atoms with Crippen LogP contribution in [0.15, 0.2) is 0 Å². The molecule has 0 amide bonds. The zero-order valence-electron chi connectivity index (χ0n) is 18.4. The van der Waals surface area contributed by atoms with E-state index in [4.69, 9.17) is 25.6 Å². The van der Waals surface area contributed by atoms with E-state index in [-0.39, 0.29) is 0 Å². The first kappa shape index (κ1) is 25.4. The minimum absolute atomic E-state index is 0.640. The summed E-state index contributed by atoms with van der Waals surface area (Å²) in [6, 6.07) is 2.37. The maximum Gasteiger partial charge on any atom is 0.486 e. The molecule has 9 heteroatoms. The van der Waals surface area contributed by atoms with Crippen molar-refractivity contribution in [2.75, 3.05) is 19.8 Å². The average Bonchev–Trinajstić information content (AvgIpc) is 2.64. The van der Waals surface area contributed by atoms with Crippen molar-refractivity contribution < 1.29 is 25.6 Å². The monoisotopic (exact) mass is 438 g/mol. The summed E-state index contributed by atoms with van der Waals surface area (Å²) < 4.78 is 39.1. The predicted molar refractivity (Wildman–Crippen MR) is 115 cm³/mol. The van der Waals surface area contributed by atoms with Gasteiger partial charge in [-0.3, -0.25) is 0 Å². The van der Waals surface area contributed by atoms with Gasteiger partial charge in [0.05, 0.1) is 0 Å². The highest BCUT2D eigenvalue weighted by atomic mass is 28.5. The van der Waals surface area contributed by atoms with Gasteiger partial charge in [0.1, 0.15) is 0 Å². The number of rotatable bonds is 15. The third-order valence-electron chi connectivity index (χ3n) is 4.18. The van der Waals surface area contributed by atoms with Gasteiger partial charge >= 0.3 is 26.4 Å². The molecule has 0 aromatic heterocycles. The summed E-state index contributed by atoms with van der Waals surface area (Å²) in [5.74, 6) is 0. The van der Waals surface area contributed by atoms with Crippen LogP contribution in [0.2, 0.25) is 18.1 Å². The lowest BCUT2D eigenvalue weighted by Gasteiger charge is -2.50. The largest absolute Gasteiger partial charge is 0.486 e. The lowest BCUT2D eigenvalue weighted by atomic mass is 10.5. The molecule has 6 nitrogen and oxygen atoms in total. The van der Waals surface area contributed by atoms with E-state index in [0.717, 1.165) is 56.7 Å². The van der Waals surface area contributed by atoms with E-state index in [1.807, 2.05) is 0 Å². The summed E-state index contributed by atoms with van der Waals surface area (Å²) in [5, 5.41) is 0. The van der Waals surface area contributed by atoms with Crippen LogP contribution < -0.4 is 0 Å². The van der Waals surface area contributed by atoms with Gasteiger partial charge < -0.3 is 25.6 Å². The van der Waals surface area contributed by atoms with E-state index in [9.17, 15) is 0 Å². The fourth-order valence-corrected chi connectivity index (χ4v) is 18.2. The Balaban J connectivity index is 3.31. The van der Waals surface area contributed by atoms with Gasteiger partial charge in [-0.05, 0) is 19.3 Å². The Labute approximate surface area is 170 Å². The summed E-state index contributed by atoms with van der Waals surface area (Å²) in [6.07, 6.45) is 5.65. The molecule has 0 spiro atoms. The van der Waals surface area contributed by atoms with Crippen LogP contribution in [0.5, 0.6) is 0 Å². The molecule has 1 aliphatic rings. The smallest absolute Gasteiger partial charge is 0.374 e. The zero-order chi connectivity index (χ0) is 20.2. The Morgan fingerprint density at radius 3 is 0.889 bits per heavy atom. The van der Waals surface area contributed by atoms with Crippen LogP contribution in [-0.2, 0) is 25.6 Å². The second-order valence-corrected chi connectivity index (χ2v) is 16.1. The molecule has 0 radical (unpaired) electrons. The van der Waals surface area contributed by atoms with Crippen LogP contribution in [0, 0.1) is 0 Å². The molecule has 1 saturated heterocycles. The van der Waals surface area contributed by atoms with Crippen molar-refractivity contribution in [3.8, 4) is 0 Å². The van der Waals surface area contributed by atoms with Gasteiger partial charge in [0, 0.05) is 38.0 Å². The Hall–Kier alpha value is 0.411. The molecular formula is C18H42O6Si3. The fraction of sp³-hybridized carbons (Fsp3) is 1.00. The molecule has 0 aliphatic carbocycles. The molecule has 0 unspecified atom stereocenters. The van der Waals surface area contributed by atoms with E-state index in [1.54, 1.807) is 0 Å². The van der Waals surface area contributed by atoms with Crippen molar-refractivity contribution >= 4 is 26.4 Å². The summed E-state index contributed by atoms with van der Waals surface area (Å²) in [6.45, 7) is 14.7. The van der Waals surface area contributed by atoms with E-state index in [1.165, 1.54) is 0 Å². The molecule has 1 rings (SSSR count). The summed E-state index contributed by atoms with van der Waals surface area (Å²) in [4.78, 5) is 0. The van der Waals surface area contributed by atoms with Gasteiger partial charge in [0.25, 0.3) is 0 Å². The second-order valence-electron chi connectivity index (χ2n) is 7.15. The van der Waals surface area contributed by atoms with Crippen molar-refractivity contribution in [2.24, 2.45) is 0 Å². The molecule has 1 fully saturated rings. The van der Waals surface area contributed by atoms with Crippen molar-refractivity contribution in [3.05, 3.63) is 0 Å². The van der Waals surface area contributed by atoms with Gasteiger partial charge in [-0.15, -0.1) is 0 Å². The first-order chi connectivity index (χ1) is 13.0. The van der Waals surface area contributed by atoms with Gasteiger partial charge in [0.2, 0.25) is 0 Å².